The number of nitrogens with one attached hydrogen (secondary N) is 1. The zero-order chi connectivity index (χ0) is 14.7. The molecule has 20 heavy (non-hydrogen) atoms. The first-order valence-electron chi connectivity index (χ1n) is 7.97. The predicted octanol–water partition coefficient (Wildman–Crippen LogP) is 3.38. The fourth-order valence-electron chi connectivity index (χ4n) is 2.30. The van der Waals surface area contributed by atoms with Crippen LogP contribution in [0, 0.1) is 5.92 Å². The molecule has 1 unspecified atom stereocenters. The third-order valence-electron chi connectivity index (χ3n) is 4.40. The van der Waals surface area contributed by atoms with E-state index in [0.29, 0.717) is 12.0 Å². The average Bonchev–Trinajstić information content (AvgIpc) is 3.27. The summed E-state index contributed by atoms with van der Waals surface area (Å²) in [7, 11) is 2.16. The second-order valence-corrected chi connectivity index (χ2v) is 6.43. The summed E-state index contributed by atoms with van der Waals surface area (Å²) in [6.45, 7) is 9.95. The summed E-state index contributed by atoms with van der Waals surface area (Å²) in [5, 5.41) is 3.60. The van der Waals surface area contributed by atoms with Gasteiger partial charge < -0.3 is 10.2 Å². The first-order valence-corrected chi connectivity index (χ1v) is 7.97. The molecule has 1 aromatic heterocycles. The third-order valence-corrected chi connectivity index (χ3v) is 4.40. The van der Waals surface area contributed by atoms with Gasteiger partial charge >= 0.3 is 0 Å². The molecule has 0 bridgehead atoms. The van der Waals surface area contributed by atoms with Crippen molar-refractivity contribution in [1.29, 1.82) is 0 Å². The highest BCUT2D eigenvalue weighted by molar-refractivity contribution is 5.43. The minimum atomic E-state index is 0.499. The molecule has 1 aliphatic carbocycles. The van der Waals surface area contributed by atoms with Crippen molar-refractivity contribution >= 4 is 5.82 Å². The molecule has 1 atom stereocenters. The molecule has 2 rings (SSSR count). The largest absolute Gasteiger partial charge is 0.357 e. The molecule has 0 aromatic carbocycles. The highest BCUT2D eigenvalue weighted by Crippen LogP contribution is 2.22. The van der Waals surface area contributed by atoms with E-state index >= 15 is 0 Å². The van der Waals surface area contributed by atoms with Crippen LogP contribution in [0.3, 0.4) is 0 Å². The first kappa shape index (κ1) is 15.3. The molecule has 3 nitrogen and oxygen atoms in total. The molecule has 0 amide bonds. The van der Waals surface area contributed by atoms with Crippen molar-refractivity contribution in [2.75, 3.05) is 11.9 Å². The second-order valence-electron chi connectivity index (χ2n) is 6.43. The molecule has 112 valence electrons. The topological polar surface area (TPSA) is 28.2 Å². The van der Waals surface area contributed by atoms with Gasteiger partial charge in [-0.3, -0.25) is 0 Å². The van der Waals surface area contributed by atoms with Crippen molar-refractivity contribution in [3.63, 3.8) is 0 Å². The fourth-order valence-corrected chi connectivity index (χ4v) is 2.30. The van der Waals surface area contributed by atoms with E-state index in [1.165, 1.54) is 24.1 Å². The normalized spacial score (nSPS) is 16.5. The molecular weight excluding hydrogens is 246 g/mol. The maximum Gasteiger partial charge on any atom is 0.129 e. The van der Waals surface area contributed by atoms with E-state index in [0.717, 1.165) is 24.8 Å². The van der Waals surface area contributed by atoms with Gasteiger partial charge in [0.2, 0.25) is 0 Å². The van der Waals surface area contributed by atoms with Gasteiger partial charge in [0.05, 0.1) is 0 Å². The van der Waals surface area contributed by atoms with E-state index in [-0.39, 0.29) is 0 Å². The fraction of sp³-hybridized carbons (Fsp3) is 0.706. The molecule has 0 saturated heterocycles. The van der Waals surface area contributed by atoms with Crippen molar-refractivity contribution < 1.29 is 0 Å². The summed E-state index contributed by atoms with van der Waals surface area (Å²) in [5.74, 6) is 1.73. The summed E-state index contributed by atoms with van der Waals surface area (Å²) in [5.41, 5.74) is 2.56. The van der Waals surface area contributed by atoms with Crippen molar-refractivity contribution in [2.45, 2.75) is 65.6 Å². The van der Waals surface area contributed by atoms with Gasteiger partial charge in [0.15, 0.2) is 0 Å². The maximum atomic E-state index is 4.80. The smallest absolute Gasteiger partial charge is 0.129 e. The first-order chi connectivity index (χ1) is 9.51. The third kappa shape index (κ3) is 3.95. The van der Waals surface area contributed by atoms with Crippen LogP contribution in [0.5, 0.6) is 0 Å². The second kappa shape index (κ2) is 6.57. The van der Waals surface area contributed by atoms with Gasteiger partial charge in [0.1, 0.15) is 5.82 Å². The molecule has 0 aliphatic heterocycles. The average molecular weight is 275 g/mol. The lowest BCUT2D eigenvalue weighted by molar-refractivity contribution is 0.502. The van der Waals surface area contributed by atoms with Crippen LogP contribution in [0.1, 0.15) is 51.8 Å². The van der Waals surface area contributed by atoms with Gasteiger partial charge in [-0.25, -0.2) is 4.98 Å². The SMILES string of the molecule is CCc1cc(CNC2CC2)cc(N(C)C(C)C(C)C)n1. The molecule has 1 aromatic rings. The van der Waals surface area contributed by atoms with Crippen LogP contribution in [-0.4, -0.2) is 24.1 Å². The van der Waals surface area contributed by atoms with Crippen LogP contribution in [-0.2, 0) is 13.0 Å². The van der Waals surface area contributed by atoms with Gasteiger partial charge in [0, 0.05) is 31.4 Å². The Morgan fingerprint density at radius 3 is 2.55 bits per heavy atom. The summed E-state index contributed by atoms with van der Waals surface area (Å²) >= 11 is 0. The van der Waals surface area contributed by atoms with E-state index in [2.05, 4.69) is 57.1 Å². The number of anilines is 1. The Morgan fingerprint density at radius 2 is 2.00 bits per heavy atom. The summed E-state index contributed by atoms with van der Waals surface area (Å²) in [6.07, 6.45) is 3.67. The predicted molar refractivity (Wildman–Crippen MR) is 86.2 cm³/mol. The summed E-state index contributed by atoms with van der Waals surface area (Å²) in [6, 6.07) is 5.74. The molecule has 1 aliphatic rings. The Labute approximate surface area is 123 Å². The van der Waals surface area contributed by atoms with E-state index < -0.39 is 0 Å². The van der Waals surface area contributed by atoms with Gasteiger partial charge in [-0.15, -0.1) is 0 Å². The number of hydrogen-bond acceptors (Lipinski definition) is 3. The number of rotatable bonds is 7. The monoisotopic (exact) mass is 275 g/mol. The highest BCUT2D eigenvalue weighted by Gasteiger charge is 2.20. The molecular formula is C17H29N3. The van der Waals surface area contributed by atoms with E-state index in [1.807, 2.05) is 0 Å². The number of nitrogens with zero attached hydrogens (tertiary/aromatic N) is 2. The summed E-state index contributed by atoms with van der Waals surface area (Å²) in [4.78, 5) is 7.11. The Bertz CT molecular complexity index is 438. The van der Waals surface area contributed by atoms with Crippen molar-refractivity contribution in [3.05, 3.63) is 23.4 Å². The van der Waals surface area contributed by atoms with E-state index in [1.54, 1.807) is 0 Å². The van der Waals surface area contributed by atoms with Crippen LogP contribution in [0.4, 0.5) is 5.82 Å². The standard InChI is InChI=1S/C17H29N3/c1-6-15-9-14(11-18-16-7-8-16)10-17(19-15)20(5)13(4)12(2)3/h9-10,12-13,16,18H,6-8,11H2,1-5H3. The molecule has 0 radical (unpaired) electrons. The zero-order valence-electron chi connectivity index (χ0n) is 13.6. The number of pyridine rings is 1. The maximum absolute atomic E-state index is 4.80. The lowest BCUT2D eigenvalue weighted by atomic mass is 10.0. The minimum absolute atomic E-state index is 0.499. The molecule has 3 heteroatoms. The summed E-state index contributed by atoms with van der Waals surface area (Å²) < 4.78 is 0. The van der Waals surface area contributed by atoms with Crippen LogP contribution in [0.25, 0.3) is 0 Å². The molecule has 1 heterocycles. The van der Waals surface area contributed by atoms with E-state index in [9.17, 15) is 0 Å². The lowest BCUT2D eigenvalue weighted by Gasteiger charge is -2.29. The Kier molecular flexibility index (Phi) is 5.03. The Hall–Kier alpha value is -1.09. The molecule has 1 fully saturated rings. The Balaban J connectivity index is 2.15. The van der Waals surface area contributed by atoms with Crippen molar-refractivity contribution in [3.8, 4) is 0 Å². The highest BCUT2D eigenvalue weighted by atomic mass is 15.2. The number of hydrogen-bond donors (Lipinski definition) is 1. The minimum Gasteiger partial charge on any atom is -0.357 e. The van der Waals surface area contributed by atoms with Crippen molar-refractivity contribution in [2.24, 2.45) is 5.92 Å². The van der Waals surface area contributed by atoms with Crippen LogP contribution < -0.4 is 10.2 Å². The van der Waals surface area contributed by atoms with Crippen LogP contribution >= 0.6 is 0 Å². The van der Waals surface area contributed by atoms with Gasteiger partial charge in [0.25, 0.3) is 0 Å². The molecule has 1 N–H and O–H groups in total. The number of aromatic nitrogens is 1. The lowest BCUT2D eigenvalue weighted by Crippen LogP contribution is -2.34. The van der Waals surface area contributed by atoms with Gasteiger partial charge in [-0.1, -0.05) is 20.8 Å². The zero-order valence-corrected chi connectivity index (χ0v) is 13.6. The number of aryl methyl sites for hydroxylation is 1. The van der Waals surface area contributed by atoms with Crippen LogP contribution in [0.15, 0.2) is 12.1 Å². The molecule has 1 saturated carbocycles. The quantitative estimate of drug-likeness (QED) is 0.827. The van der Waals surface area contributed by atoms with Gasteiger partial charge in [-0.2, -0.15) is 0 Å². The molecule has 0 spiro atoms. The van der Waals surface area contributed by atoms with Crippen LogP contribution in [0.2, 0.25) is 0 Å². The van der Waals surface area contributed by atoms with Crippen molar-refractivity contribution in [1.82, 2.24) is 10.3 Å². The van der Waals surface area contributed by atoms with Gasteiger partial charge in [-0.05, 0) is 49.8 Å². The van der Waals surface area contributed by atoms with E-state index in [4.69, 9.17) is 4.98 Å². The Morgan fingerprint density at radius 1 is 1.30 bits per heavy atom.